The summed E-state index contributed by atoms with van der Waals surface area (Å²) >= 11 is 9.10. The molecule has 1 aromatic carbocycles. The molecule has 0 unspecified atom stereocenters. The number of thioether (sulfide) groups is 1. The minimum atomic E-state index is 0.0499. The number of hydrogen-bond acceptors (Lipinski definition) is 5. The average Bonchev–Trinajstić information content (AvgIpc) is 3.22. The maximum atomic E-state index is 12.5. The van der Waals surface area contributed by atoms with Gasteiger partial charge in [0.05, 0.1) is 18.7 Å². The molecule has 1 amide bonds. The molecule has 0 fully saturated rings. The van der Waals surface area contributed by atoms with Crippen molar-refractivity contribution in [3.05, 3.63) is 57.8 Å². The lowest BCUT2D eigenvalue weighted by molar-refractivity contribution is -0.129. The topological polar surface area (TPSA) is 46.3 Å². The lowest BCUT2D eigenvalue weighted by Gasteiger charge is -2.15. The van der Waals surface area contributed by atoms with Crippen molar-refractivity contribution in [1.82, 2.24) is 9.88 Å². The molecule has 0 radical (unpaired) electrons. The number of aryl methyl sites for hydroxylation is 1. The molecule has 2 aromatic heterocycles. The first-order valence-corrected chi connectivity index (χ1v) is 10.5. The Morgan fingerprint density at radius 2 is 2.00 bits per heavy atom. The number of amides is 1. The molecule has 0 N–H and O–H groups in total. The second-order valence-electron chi connectivity index (χ2n) is 5.89. The summed E-state index contributed by atoms with van der Waals surface area (Å²) in [4.78, 5) is 19.7. The number of thiazole rings is 1. The van der Waals surface area contributed by atoms with Crippen LogP contribution in [0.2, 0.25) is 5.02 Å². The molecular weight excluding hydrogens is 388 g/mol. The molecule has 26 heavy (non-hydrogen) atoms. The lowest BCUT2D eigenvalue weighted by Crippen LogP contribution is -2.27. The van der Waals surface area contributed by atoms with Gasteiger partial charge in [-0.15, -0.1) is 11.3 Å². The fraction of sp³-hybridized carbons (Fsp3) is 0.263. The van der Waals surface area contributed by atoms with Gasteiger partial charge in [0.25, 0.3) is 0 Å². The molecule has 136 valence electrons. The Morgan fingerprint density at radius 1 is 1.27 bits per heavy atom. The van der Waals surface area contributed by atoms with Crippen LogP contribution < -0.4 is 0 Å². The molecule has 0 saturated heterocycles. The molecule has 0 aliphatic heterocycles. The third kappa shape index (κ3) is 4.50. The first kappa shape index (κ1) is 19.0. The molecular formula is C19H19ClN2O2S2. The highest BCUT2D eigenvalue weighted by Crippen LogP contribution is 2.27. The van der Waals surface area contributed by atoms with Gasteiger partial charge in [-0.3, -0.25) is 4.79 Å². The molecule has 7 heteroatoms. The maximum Gasteiger partial charge on any atom is 0.228 e. The van der Waals surface area contributed by atoms with E-state index in [1.165, 1.54) is 0 Å². The van der Waals surface area contributed by atoms with Gasteiger partial charge < -0.3 is 9.32 Å². The number of furan rings is 1. The van der Waals surface area contributed by atoms with Gasteiger partial charge in [-0.2, -0.15) is 0 Å². The molecule has 4 nitrogen and oxygen atoms in total. The predicted molar refractivity (Wildman–Crippen MR) is 108 cm³/mol. The molecule has 3 aromatic rings. The Morgan fingerprint density at radius 3 is 2.65 bits per heavy atom. The van der Waals surface area contributed by atoms with Crippen molar-refractivity contribution < 1.29 is 9.21 Å². The highest BCUT2D eigenvalue weighted by Gasteiger charge is 2.16. The molecule has 2 heterocycles. The lowest BCUT2D eigenvalue weighted by atomic mass is 10.2. The van der Waals surface area contributed by atoms with Crippen molar-refractivity contribution in [3.63, 3.8) is 0 Å². The first-order valence-electron chi connectivity index (χ1n) is 8.05. The number of benzene rings is 1. The quantitative estimate of drug-likeness (QED) is 0.522. The molecule has 0 saturated carbocycles. The summed E-state index contributed by atoms with van der Waals surface area (Å²) in [5, 5.41) is 0.689. The number of aromatic nitrogens is 1. The molecule has 0 aliphatic carbocycles. The number of carbonyl (C=O) groups is 1. The van der Waals surface area contributed by atoms with E-state index < -0.39 is 0 Å². The Balaban J connectivity index is 1.64. The van der Waals surface area contributed by atoms with Crippen molar-refractivity contribution in [2.24, 2.45) is 0 Å². The van der Waals surface area contributed by atoms with E-state index >= 15 is 0 Å². The van der Waals surface area contributed by atoms with Crippen molar-refractivity contribution in [3.8, 4) is 11.3 Å². The molecule has 0 aliphatic rings. The summed E-state index contributed by atoms with van der Waals surface area (Å²) in [5.74, 6) is 1.56. The van der Waals surface area contributed by atoms with Crippen molar-refractivity contribution >= 4 is 40.6 Å². The van der Waals surface area contributed by atoms with E-state index in [1.54, 1.807) is 35.0 Å². The van der Waals surface area contributed by atoms with Crippen LogP contribution in [0.15, 0.2) is 45.2 Å². The van der Waals surface area contributed by atoms with Crippen molar-refractivity contribution in [2.45, 2.75) is 24.2 Å². The van der Waals surface area contributed by atoms with Gasteiger partial charge in [0.15, 0.2) is 0 Å². The van der Waals surface area contributed by atoms with Gasteiger partial charge in [0.1, 0.15) is 15.9 Å². The minimum Gasteiger partial charge on any atom is -0.459 e. The van der Waals surface area contributed by atoms with E-state index in [1.807, 2.05) is 49.6 Å². The van der Waals surface area contributed by atoms with Crippen molar-refractivity contribution in [2.75, 3.05) is 13.3 Å². The maximum absolute atomic E-state index is 12.5. The second kappa shape index (κ2) is 8.29. The number of rotatable bonds is 6. The van der Waals surface area contributed by atoms with Crippen LogP contribution in [0, 0.1) is 6.92 Å². The number of halogens is 1. The molecule has 0 bridgehead atoms. The number of likely N-dealkylation sites (N-methyl/N-ethyl adjacent to an activating group) is 1. The Labute approximate surface area is 166 Å². The third-order valence-corrected chi connectivity index (χ3v) is 6.36. The summed E-state index contributed by atoms with van der Waals surface area (Å²) in [6.07, 6.45) is 2.36. The van der Waals surface area contributed by atoms with E-state index in [0.29, 0.717) is 18.0 Å². The van der Waals surface area contributed by atoms with Gasteiger partial charge in [-0.25, -0.2) is 4.98 Å². The van der Waals surface area contributed by atoms with Crippen LogP contribution in [0.5, 0.6) is 0 Å². The zero-order chi connectivity index (χ0) is 18.7. The normalized spacial score (nSPS) is 10.9. The standard InChI is InChI=1S/C19H19ClN2O2S2/c1-12-17(26-19(21-12)25-3)10-18(23)22(2)11-15-8-9-16(24-15)13-4-6-14(20)7-5-13/h4-9H,10-11H2,1-3H3. The van der Waals surface area contributed by atoms with Crippen LogP contribution in [-0.2, 0) is 17.8 Å². The van der Waals surface area contributed by atoms with Crippen LogP contribution in [-0.4, -0.2) is 29.1 Å². The van der Waals surface area contributed by atoms with E-state index in [0.717, 1.165) is 32.0 Å². The SMILES string of the molecule is CSc1nc(C)c(CC(=O)N(C)Cc2ccc(-c3ccc(Cl)cc3)o2)s1. The summed E-state index contributed by atoms with van der Waals surface area (Å²) in [7, 11) is 1.79. The zero-order valence-corrected chi connectivity index (χ0v) is 17.2. The Hall–Kier alpha value is -1.76. The van der Waals surface area contributed by atoms with E-state index in [4.69, 9.17) is 16.0 Å². The van der Waals surface area contributed by atoms with Gasteiger partial charge >= 0.3 is 0 Å². The highest BCUT2D eigenvalue weighted by molar-refractivity contribution is 8.00. The summed E-state index contributed by atoms with van der Waals surface area (Å²) in [6, 6.07) is 11.3. The van der Waals surface area contributed by atoms with E-state index in [-0.39, 0.29) is 5.91 Å². The van der Waals surface area contributed by atoms with Crippen LogP contribution >= 0.6 is 34.7 Å². The van der Waals surface area contributed by atoms with Crippen molar-refractivity contribution in [1.29, 1.82) is 0 Å². The van der Waals surface area contributed by atoms with Crippen LogP contribution in [0.3, 0.4) is 0 Å². The Bertz CT molecular complexity index is 903. The smallest absolute Gasteiger partial charge is 0.228 e. The minimum absolute atomic E-state index is 0.0499. The first-order chi connectivity index (χ1) is 12.5. The molecule has 3 rings (SSSR count). The fourth-order valence-corrected chi connectivity index (χ4v) is 4.25. The number of nitrogens with zero attached hydrogens (tertiary/aromatic N) is 2. The predicted octanol–water partition coefficient (Wildman–Crippen LogP) is 5.29. The summed E-state index contributed by atoms with van der Waals surface area (Å²) in [6.45, 7) is 2.38. The largest absolute Gasteiger partial charge is 0.459 e. The zero-order valence-electron chi connectivity index (χ0n) is 14.8. The third-order valence-electron chi connectivity index (χ3n) is 3.97. The highest BCUT2D eigenvalue weighted by atomic mass is 35.5. The van der Waals surface area contributed by atoms with Crippen LogP contribution in [0.25, 0.3) is 11.3 Å². The summed E-state index contributed by atoms with van der Waals surface area (Å²) in [5.41, 5.74) is 1.89. The van der Waals surface area contributed by atoms with Crippen LogP contribution in [0.1, 0.15) is 16.3 Å². The average molecular weight is 407 g/mol. The van der Waals surface area contributed by atoms with Gasteiger partial charge in [-0.05, 0) is 49.6 Å². The number of hydrogen-bond donors (Lipinski definition) is 0. The van der Waals surface area contributed by atoms with E-state index in [2.05, 4.69) is 4.98 Å². The summed E-state index contributed by atoms with van der Waals surface area (Å²) < 4.78 is 6.87. The fourth-order valence-electron chi connectivity index (χ4n) is 2.48. The number of carbonyl (C=O) groups excluding carboxylic acids is 1. The van der Waals surface area contributed by atoms with Gasteiger partial charge in [-0.1, -0.05) is 23.4 Å². The van der Waals surface area contributed by atoms with Gasteiger partial charge in [0.2, 0.25) is 5.91 Å². The van der Waals surface area contributed by atoms with Gasteiger partial charge in [0, 0.05) is 22.5 Å². The van der Waals surface area contributed by atoms with Crippen LogP contribution in [0.4, 0.5) is 0 Å². The Kier molecular flexibility index (Phi) is 6.06. The monoisotopic (exact) mass is 406 g/mol. The molecule has 0 spiro atoms. The van der Waals surface area contributed by atoms with E-state index in [9.17, 15) is 4.79 Å². The molecule has 0 atom stereocenters. The second-order valence-corrected chi connectivity index (χ2v) is 8.47.